The first-order valence-corrected chi connectivity index (χ1v) is 8.92. The number of carbonyl (C=O) groups excluding carboxylic acids is 3. The Morgan fingerprint density at radius 2 is 2.03 bits per heavy atom. The van der Waals surface area contributed by atoms with Gasteiger partial charge in [-0.3, -0.25) is 19.9 Å². The molecular formula is C21H15N5O4. The third-order valence-corrected chi connectivity index (χ3v) is 4.85. The molecule has 3 heterocycles. The van der Waals surface area contributed by atoms with Crippen LogP contribution in [0.3, 0.4) is 0 Å². The Morgan fingerprint density at radius 1 is 1.23 bits per heavy atom. The molecule has 0 bridgehead atoms. The summed E-state index contributed by atoms with van der Waals surface area (Å²) >= 11 is 0. The van der Waals surface area contributed by atoms with Gasteiger partial charge in [0.25, 0.3) is 11.8 Å². The van der Waals surface area contributed by atoms with Crippen LogP contribution < -0.4 is 15.4 Å². The Hall–Kier alpha value is -4.37. The molecule has 9 heteroatoms. The Bertz CT molecular complexity index is 1190. The number of amides is 4. The van der Waals surface area contributed by atoms with E-state index in [1.54, 1.807) is 18.2 Å². The van der Waals surface area contributed by atoms with Gasteiger partial charge in [0.1, 0.15) is 11.8 Å². The number of methoxy groups -OCH3 is 1. The maximum Gasteiger partial charge on any atom is 0.323 e. The summed E-state index contributed by atoms with van der Waals surface area (Å²) in [7, 11) is 1.51. The van der Waals surface area contributed by atoms with Crippen LogP contribution in [0.2, 0.25) is 0 Å². The van der Waals surface area contributed by atoms with Crippen LogP contribution in [-0.2, 0) is 11.3 Å². The first kappa shape index (κ1) is 19.0. The molecule has 0 unspecified atom stereocenters. The summed E-state index contributed by atoms with van der Waals surface area (Å²) < 4.78 is 5.17. The fraction of sp³-hybridized carbons (Fsp3) is 0.190. The predicted octanol–water partition coefficient (Wildman–Crippen LogP) is 0.548. The number of imide groups is 1. The number of urea groups is 1. The highest BCUT2D eigenvalue weighted by Crippen LogP contribution is 2.28. The summed E-state index contributed by atoms with van der Waals surface area (Å²) in [6.45, 7) is 0.134. The molecule has 1 aromatic carbocycles. The maximum absolute atomic E-state index is 12.9. The molecule has 0 spiro atoms. The minimum Gasteiger partial charge on any atom is -0.497 e. The minimum atomic E-state index is -1.62. The standard InChI is InChI=1S/C21H15N5O4/c1-30-16-3-2-15-11-26(18(27)17(15)7-16)12-21(19(28)24-20(29)25-21)5-4-13-6-14(8-22)10-23-9-13/h2-3,6-7,9-10H,11-12H2,1H3,(H2,24,25,28,29)/t21-/m1/s1. The molecule has 2 aromatic rings. The van der Waals surface area contributed by atoms with Crippen molar-refractivity contribution in [3.8, 4) is 23.7 Å². The summed E-state index contributed by atoms with van der Waals surface area (Å²) in [6.07, 6.45) is 2.83. The molecule has 0 saturated carbocycles. The zero-order valence-corrected chi connectivity index (χ0v) is 15.9. The molecule has 2 N–H and O–H groups in total. The SMILES string of the molecule is COc1ccc2c(c1)C(=O)N(C[C@@]1(C#Cc3cncc(C#N)c3)NC(=O)NC1=O)C2. The van der Waals surface area contributed by atoms with Crippen LogP contribution in [0, 0.1) is 23.2 Å². The van der Waals surface area contributed by atoms with Crippen LogP contribution >= 0.6 is 0 Å². The van der Waals surface area contributed by atoms with Gasteiger partial charge >= 0.3 is 6.03 Å². The third kappa shape index (κ3) is 3.29. The summed E-state index contributed by atoms with van der Waals surface area (Å²) in [6, 6.07) is 7.97. The number of pyridine rings is 1. The van der Waals surface area contributed by atoms with E-state index in [-0.39, 0.29) is 19.0 Å². The van der Waals surface area contributed by atoms with E-state index < -0.39 is 17.5 Å². The fourth-order valence-corrected chi connectivity index (χ4v) is 3.36. The molecule has 148 valence electrons. The van der Waals surface area contributed by atoms with Crippen molar-refractivity contribution in [1.82, 2.24) is 20.5 Å². The summed E-state index contributed by atoms with van der Waals surface area (Å²) in [5, 5.41) is 13.7. The van der Waals surface area contributed by atoms with Gasteiger partial charge in [0.15, 0.2) is 0 Å². The second kappa shape index (κ2) is 7.22. The third-order valence-electron chi connectivity index (χ3n) is 4.85. The van der Waals surface area contributed by atoms with Gasteiger partial charge in [-0.15, -0.1) is 0 Å². The number of nitriles is 1. The monoisotopic (exact) mass is 401 g/mol. The highest BCUT2D eigenvalue weighted by molar-refractivity contribution is 6.10. The van der Waals surface area contributed by atoms with Crippen molar-refractivity contribution in [2.45, 2.75) is 12.1 Å². The number of ether oxygens (including phenoxy) is 1. The number of nitrogens with zero attached hydrogens (tertiary/aromatic N) is 3. The second-order valence-electron chi connectivity index (χ2n) is 6.82. The van der Waals surface area contributed by atoms with E-state index >= 15 is 0 Å². The molecule has 2 aliphatic heterocycles. The van der Waals surface area contributed by atoms with Gasteiger partial charge in [-0.05, 0) is 23.8 Å². The lowest BCUT2D eigenvalue weighted by molar-refractivity contribution is -0.122. The zero-order valence-electron chi connectivity index (χ0n) is 15.9. The summed E-state index contributed by atoms with van der Waals surface area (Å²) in [5.41, 5.74) is 0.368. The number of aromatic nitrogens is 1. The van der Waals surface area contributed by atoms with Crippen LogP contribution in [0.25, 0.3) is 0 Å². The van der Waals surface area contributed by atoms with Gasteiger partial charge < -0.3 is 15.0 Å². The molecule has 0 radical (unpaired) electrons. The van der Waals surface area contributed by atoms with E-state index in [1.807, 2.05) is 6.07 Å². The first-order valence-electron chi connectivity index (χ1n) is 8.92. The Morgan fingerprint density at radius 3 is 2.73 bits per heavy atom. The van der Waals surface area contributed by atoms with E-state index in [2.05, 4.69) is 27.5 Å². The molecule has 1 atom stereocenters. The van der Waals surface area contributed by atoms with Crippen molar-refractivity contribution >= 4 is 17.8 Å². The van der Waals surface area contributed by atoms with E-state index in [0.717, 1.165) is 5.56 Å². The van der Waals surface area contributed by atoms with Gasteiger partial charge in [-0.1, -0.05) is 17.9 Å². The predicted molar refractivity (Wildman–Crippen MR) is 103 cm³/mol. The molecule has 2 aliphatic rings. The van der Waals surface area contributed by atoms with Crippen molar-refractivity contribution in [3.05, 3.63) is 58.9 Å². The normalized spacial score (nSPS) is 19.3. The molecule has 1 saturated heterocycles. The van der Waals surface area contributed by atoms with E-state index in [9.17, 15) is 14.4 Å². The molecule has 1 fully saturated rings. The van der Waals surface area contributed by atoms with Gasteiger partial charge in [0.05, 0.1) is 19.2 Å². The lowest BCUT2D eigenvalue weighted by atomic mass is 9.99. The van der Waals surface area contributed by atoms with Crippen LogP contribution in [0.15, 0.2) is 36.7 Å². The number of benzene rings is 1. The zero-order chi connectivity index (χ0) is 21.3. The Labute approximate surface area is 171 Å². The van der Waals surface area contributed by atoms with E-state index in [0.29, 0.717) is 22.4 Å². The molecule has 4 rings (SSSR count). The average Bonchev–Trinajstić information content (AvgIpc) is 3.21. The highest BCUT2D eigenvalue weighted by Gasteiger charge is 2.48. The molecule has 9 nitrogen and oxygen atoms in total. The second-order valence-corrected chi connectivity index (χ2v) is 6.82. The fourth-order valence-electron chi connectivity index (χ4n) is 3.36. The van der Waals surface area contributed by atoms with Gasteiger partial charge in [0.2, 0.25) is 5.54 Å². The highest BCUT2D eigenvalue weighted by atomic mass is 16.5. The lowest BCUT2D eigenvalue weighted by Crippen LogP contribution is -2.54. The van der Waals surface area contributed by atoms with Gasteiger partial charge in [-0.25, -0.2) is 4.79 Å². The van der Waals surface area contributed by atoms with Crippen LogP contribution in [-0.4, -0.2) is 46.9 Å². The molecular weight excluding hydrogens is 386 g/mol. The van der Waals surface area contributed by atoms with Gasteiger partial charge in [-0.2, -0.15) is 5.26 Å². The smallest absolute Gasteiger partial charge is 0.323 e. The Kier molecular flexibility index (Phi) is 4.57. The lowest BCUT2D eigenvalue weighted by Gasteiger charge is -2.26. The van der Waals surface area contributed by atoms with Crippen molar-refractivity contribution in [2.75, 3.05) is 13.7 Å². The maximum atomic E-state index is 12.9. The number of hydrogen-bond donors (Lipinski definition) is 2. The number of fused-ring (bicyclic) bond motifs is 1. The molecule has 0 aliphatic carbocycles. The summed E-state index contributed by atoms with van der Waals surface area (Å²) in [5.74, 6) is 5.18. The molecule has 30 heavy (non-hydrogen) atoms. The van der Waals surface area contributed by atoms with Crippen LogP contribution in [0.5, 0.6) is 5.75 Å². The van der Waals surface area contributed by atoms with Gasteiger partial charge in [0, 0.05) is 30.1 Å². The van der Waals surface area contributed by atoms with E-state index in [1.165, 1.54) is 30.5 Å². The van der Waals surface area contributed by atoms with Crippen molar-refractivity contribution in [3.63, 3.8) is 0 Å². The average molecular weight is 401 g/mol. The van der Waals surface area contributed by atoms with Crippen LogP contribution in [0.4, 0.5) is 4.79 Å². The molecule has 1 aromatic heterocycles. The number of rotatable bonds is 3. The van der Waals surface area contributed by atoms with Crippen LogP contribution in [0.1, 0.15) is 27.0 Å². The summed E-state index contributed by atoms with van der Waals surface area (Å²) in [4.78, 5) is 42.7. The van der Waals surface area contributed by atoms with E-state index in [4.69, 9.17) is 10.00 Å². The van der Waals surface area contributed by atoms with Crippen molar-refractivity contribution in [2.24, 2.45) is 0 Å². The Balaban J connectivity index is 1.66. The minimum absolute atomic E-state index is 0.140. The van der Waals surface area contributed by atoms with Crippen molar-refractivity contribution in [1.29, 1.82) is 5.26 Å². The molecule has 4 amide bonds. The number of nitrogens with one attached hydrogen (secondary N) is 2. The van der Waals surface area contributed by atoms with Crippen molar-refractivity contribution < 1.29 is 19.1 Å². The largest absolute Gasteiger partial charge is 0.497 e. The first-order chi connectivity index (χ1) is 14.4. The number of carbonyl (C=O) groups is 3. The quantitative estimate of drug-likeness (QED) is 0.572. The number of hydrogen-bond acceptors (Lipinski definition) is 6. The topological polar surface area (TPSA) is 124 Å².